The molecule has 0 bridgehead atoms. The fraction of sp³-hybridized carbons (Fsp3) is 0.312. The molecule has 1 aliphatic rings. The van der Waals surface area contributed by atoms with Gasteiger partial charge in [-0.2, -0.15) is 5.10 Å². The number of nitrogens with zero attached hydrogens (tertiary/aromatic N) is 4. The van der Waals surface area contributed by atoms with E-state index in [1.54, 1.807) is 23.1 Å². The molecule has 0 saturated carbocycles. The molecule has 0 spiro atoms. The Kier molecular flexibility index (Phi) is 3.14. The van der Waals surface area contributed by atoms with Gasteiger partial charge in [-0.1, -0.05) is 0 Å². The average Bonchev–Trinajstić information content (AvgIpc) is 3.10. The van der Waals surface area contributed by atoms with Crippen molar-refractivity contribution in [1.29, 1.82) is 0 Å². The molecule has 1 saturated heterocycles. The lowest BCUT2D eigenvalue weighted by molar-refractivity contribution is 0.578. The van der Waals surface area contributed by atoms with Crippen LogP contribution < -0.4 is 10.5 Å². The van der Waals surface area contributed by atoms with E-state index in [0.717, 1.165) is 18.8 Å². The van der Waals surface area contributed by atoms with Gasteiger partial charge in [0.2, 0.25) is 5.95 Å². The first-order valence-corrected chi connectivity index (χ1v) is 7.60. The minimum atomic E-state index is -0.130. The van der Waals surface area contributed by atoms with Gasteiger partial charge < -0.3 is 4.90 Å². The van der Waals surface area contributed by atoms with E-state index in [2.05, 4.69) is 20.0 Å². The van der Waals surface area contributed by atoms with E-state index in [-0.39, 0.29) is 5.56 Å². The molecular formula is C16H17N5O. The minimum Gasteiger partial charge on any atom is -0.372 e. The summed E-state index contributed by atoms with van der Waals surface area (Å²) in [4.78, 5) is 22.0. The Morgan fingerprint density at radius 3 is 2.77 bits per heavy atom. The molecule has 1 N–H and O–H groups in total. The van der Waals surface area contributed by atoms with E-state index < -0.39 is 0 Å². The van der Waals surface area contributed by atoms with Crippen molar-refractivity contribution in [3.63, 3.8) is 0 Å². The Morgan fingerprint density at radius 1 is 1.14 bits per heavy atom. The van der Waals surface area contributed by atoms with Gasteiger partial charge in [0.25, 0.3) is 5.56 Å². The zero-order chi connectivity index (χ0) is 14.9. The van der Waals surface area contributed by atoms with Crippen molar-refractivity contribution < 1.29 is 0 Å². The number of H-pyrrole nitrogens is 1. The van der Waals surface area contributed by atoms with Crippen molar-refractivity contribution in [2.45, 2.75) is 19.3 Å². The second kappa shape index (κ2) is 5.29. The van der Waals surface area contributed by atoms with Gasteiger partial charge in [-0.05, 0) is 43.5 Å². The number of hydrogen-bond donors (Lipinski definition) is 1. The Balaban J connectivity index is 1.79. The second-order valence-corrected chi connectivity index (χ2v) is 5.59. The largest absolute Gasteiger partial charge is 0.372 e. The van der Waals surface area contributed by atoms with Gasteiger partial charge in [0.1, 0.15) is 0 Å². The lowest BCUT2D eigenvalue weighted by atomic mass is 10.1. The van der Waals surface area contributed by atoms with Crippen molar-refractivity contribution >= 4 is 16.6 Å². The molecule has 0 radical (unpaired) electrons. The zero-order valence-corrected chi connectivity index (χ0v) is 12.2. The molecule has 3 heterocycles. The number of rotatable bonds is 2. The molecule has 3 aromatic rings. The Hall–Kier alpha value is -2.63. The van der Waals surface area contributed by atoms with Crippen LogP contribution in [0.25, 0.3) is 16.9 Å². The molecule has 112 valence electrons. The number of anilines is 1. The normalized spacial score (nSPS) is 15.4. The van der Waals surface area contributed by atoms with Crippen molar-refractivity contribution in [1.82, 2.24) is 19.7 Å². The molecule has 6 nitrogen and oxygen atoms in total. The van der Waals surface area contributed by atoms with Gasteiger partial charge in [-0.15, -0.1) is 0 Å². The number of fused-ring (bicyclic) bond motifs is 1. The summed E-state index contributed by atoms with van der Waals surface area (Å²) < 4.78 is 1.55. The number of nitrogens with one attached hydrogen (secondary N) is 1. The number of piperidine rings is 1. The molecule has 1 aromatic carbocycles. The SMILES string of the molecule is O=c1[nH]c(-n2cccn2)nc2ccc(N3CCCCC3)cc12. The van der Waals surface area contributed by atoms with E-state index in [1.165, 1.54) is 19.3 Å². The predicted octanol–water partition coefficient (Wildman–Crippen LogP) is 2.10. The van der Waals surface area contributed by atoms with E-state index in [0.29, 0.717) is 16.9 Å². The summed E-state index contributed by atoms with van der Waals surface area (Å²) in [5.74, 6) is 0.438. The van der Waals surface area contributed by atoms with Gasteiger partial charge in [-0.3, -0.25) is 9.78 Å². The summed E-state index contributed by atoms with van der Waals surface area (Å²) in [7, 11) is 0. The Morgan fingerprint density at radius 2 is 2.00 bits per heavy atom. The van der Waals surface area contributed by atoms with E-state index >= 15 is 0 Å². The van der Waals surface area contributed by atoms with E-state index in [1.807, 2.05) is 18.2 Å². The molecule has 2 aromatic heterocycles. The summed E-state index contributed by atoms with van der Waals surface area (Å²) in [5.41, 5.74) is 1.66. The third-order valence-electron chi connectivity index (χ3n) is 4.12. The van der Waals surface area contributed by atoms with Gasteiger partial charge >= 0.3 is 0 Å². The van der Waals surface area contributed by atoms with Crippen LogP contribution in [0, 0.1) is 0 Å². The molecule has 4 rings (SSSR count). The highest BCUT2D eigenvalue weighted by Crippen LogP contribution is 2.22. The highest BCUT2D eigenvalue weighted by atomic mass is 16.1. The minimum absolute atomic E-state index is 0.130. The quantitative estimate of drug-likeness (QED) is 0.786. The third kappa shape index (κ3) is 2.26. The summed E-state index contributed by atoms with van der Waals surface area (Å²) in [6.07, 6.45) is 7.13. The van der Waals surface area contributed by atoms with Crippen LogP contribution >= 0.6 is 0 Å². The molecule has 0 aliphatic carbocycles. The highest BCUT2D eigenvalue weighted by Gasteiger charge is 2.13. The summed E-state index contributed by atoms with van der Waals surface area (Å²) in [6.45, 7) is 2.12. The van der Waals surface area contributed by atoms with Crippen LogP contribution in [-0.2, 0) is 0 Å². The van der Waals surface area contributed by atoms with Gasteiger partial charge in [0.15, 0.2) is 0 Å². The number of aromatic nitrogens is 4. The second-order valence-electron chi connectivity index (χ2n) is 5.59. The van der Waals surface area contributed by atoms with Crippen molar-refractivity contribution in [3.05, 3.63) is 47.0 Å². The van der Waals surface area contributed by atoms with E-state index in [9.17, 15) is 4.79 Å². The number of aromatic amines is 1. The van der Waals surface area contributed by atoms with Crippen LogP contribution in [0.2, 0.25) is 0 Å². The Labute approximate surface area is 127 Å². The van der Waals surface area contributed by atoms with E-state index in [4.69, 9.17) is 0 Å². The van der Waals surface area contributed by atoms with Gasteiger partial charge in [-0.25, -0.2) is 9.67 Å². The first kappa shape index (κ1) is 13.1. The van der Waals surface area contributed by atoms with Crippen molar-refractivity contribution in [2.24, 2.45) is 0 Å². The summed E-state index contributed by atoms with van der Waals surface area (Å²) >= 11 is 0. The highest BCUT2D eigenvalue weighted by molar-refractivity contribution is 5.82. The molecule has 0 amide bonds. The molecule has 6 heteroatoms. The molecule has 1 fully saturated rings. The van der Waals surface area contributed by atoms with Crippen molar-refractivity contribution in [3.8, 4) is 5.95 Å². The first-order chi connectivity index (χ1) is 10.8. The fourth-order valence-electron chi connectivity index (χ4n) is 2.97. The topological polar surface area (TPSA) is 66.8 Å². The van der Waals surface area contributed by atoms with Crippen molar-refractivity contribution in [2.75, 3.05) is 18.0 Å². The van der Waals surface area contributed by atoms with Gasteiger partial charge in [0, 0.05) is 31.2 Å². The average molecular weight is 295 g/mol. The summed E-state index contributed by atoms with van der Waals surface area (Å²) in [6, 6.07) is 7.71. The molecule has 0 unspecified atom stereocenters. The van der Waals surface area contributed by atoms with Crippen LogP contribution in [0.1, 0.15) is 19.3 Å². The lowest BCUT2D eigenvalue weighted by Gasteiger charge is -2.28. The van der Waals surface area contributed by atoms with Crippen LogP contribution in [0.4, 0.5) is 5.69 Å². The lowest BCUT2D eigenvalue weighted by Crippen LogP contribution is -2.29. The molecular weight excluding hydrogens is 278 g/mol. The first-order valence-electron chi connectivity index (χ1n) is 7.60. The number of benzene rings is 1. The summed E-state index contributed by atoms with van der Waals surface area (Å²) in [5, 5.41) is 4.73. The maximum atomic E-state index is 12.4. The monoisotopic (exact) mass is 295 g/mol. The van der Waals surface area contributed by atoms with Crippen LogP contribution in [0.5, 0.6) is 0 Å². The fourth-order valence-corrected chi connectivity index (χ4v) is 2.97. The smallest absolute Gasteiger partial charge is 0.260 e. The molecule has 0 atom stereocenters. The van der Waals surface area contributed by atoms with Crippen LogP contribution in [0.15, 0.2) is 41.5 Å². The van der Waals surface area contributed by atoms with Gasteiger partial charge in [0.05, 0.1) is 10.9 Å². The standard InChI is InChI=1S/C16H17N5O/c22-15-13-11-12(20-8-2-1-3-9-20)5-6-14(13)18-16(19-15)21-10-4-7-17-21/h4-7,10-11H,1-3,8-9H2,(H,18,19,22). The maximum Gasteiger partial charge on any atom is 0.260 e. The Bertz CT molecular complexity index is 847. The predicted molar refractivity (Wildman–Crippen MR) is 85.5 cm³/mol. The molecule has 22 heavy (non-hydrogen) atoms. The maximum absolute atomic E-state index is 12.4. The third-order valence-corrected chi connectivity index (χ3v) is 4.12. The van der Waals surface area contributed by atoms with Crippen LogP contribution in [-0.4, -0.2) is 32.8 Å². The number of hydrogen-bond acceptors (Lipinski definition) is 4. The molecule has 1 aliphatic heterocycles. The zero-order valence-electron chi connectivity index (χ0n) is 12.2. The van der Waals surface area contributed by atoms with Crippen LogP contribution in [0.3, 0.4) is 0 Å².